The number of aromatic nitrogens is 2. The summed E-state index contributed by atoms with van der Waals surface area (Å²) < 4.78 is 46.1. The SMILES string of the molecule is O=C(O)CCNC(=O)c1ccc(C(Oc2ccc(-n3cc(C(F)(F)F)cn3)cc2)C2CCCC2)cc1. The summed E-state index contributed by atoms with van der Waals surface area (Å²) >= 11 is 0. The predicted molar refractivity (Wildman–Crippen MR) is 125 cm³/mol. The maximum Gasteiger partial charge on any atom is 0.419 e. The summed E-state index contributed by atoms with van der Waals surface area (Å²) in [5.41, 5.74) is 1.00. The van der Waals surface area contributed by atoms with Crippen LogP contribution in [0.2, 0.25) is 0 Å². The standard InChI is InChI=1S/C26H26F3N3O4/c27-26(28,29)20-15-31-32(16-20)21-9-11-22(12-10-21)36-24(17-3-1-2-4-17)18-5-7-19(8-6-18)25(35)30-14-13-23(33)34/h5-12,15-17,24H,1-4,13-14H2,(H,30,35)(H,33,34). The number of carbonyl (C=O) groups excluding carboxylic acids is 1. The van der Waals surface area contributed by atoms with Crippen LogP contribution in [0.3, 0.4) is 0 Å². The number of nitrogens with zero attached hydrogens (tertiary/aromatic N) is 2. The molecule has 0 bridgehead atoms. The molecule has 7 nitrogen and oxygen atoms in total. The van der Waals surface area contributed by atoms with Gasteiger partial charge in [0.2, 0.25) is 0 Å². The van der Waals surface area contributed by atoms with Crippen LogP contribution in [-0.2, 0) is 11.0 Å². The minimum atomic E-state index is -4.45. The van der Waals surface area contributed by atoms with Gasteiger partial charge in [-0.2, -0.15) is 18.3 Å². The van der Waals surface area contributed by atoms with E-state index in [4.69, 9.17) is 9.84 Å². The van der Waals surface area contributed by atoms with E-state index in [0.717, 1.165) is 43.6 Å². The van der Waals surface area contributed by atoms with Gasteiger partial charge in [0.15, 0.2) is 0 Å². The molecule has 1 amide bonds. The van der Waals surface area contributed by atoms with Crippen LogP contribution in [-0.4, -0.2) is 33.3 Å². The number of nitrogens with one attached hydrogen (secondary N) is 1. The molecule has 2 aromatic carbocycles. The molecule has 190 valence electrons. The predicted octanol–water partition coefficient (Wildman–Crippen LogP) is 5.41. The number of hydrogen-bond donors (Lipinski definition) is 2. The molecule has 0 aliphatic heterocycles. The fourth-order valence-electron chi connectivity index (χ4n) is 4.34. The monoisotopic (exact) mass is 501 g/mol. The van der Waals surface area contributed by atoms with Gasteiger partial charge >= 0.3 is 12.1 Å². The molecule has 1 saturated carbocycles. The minimum Gasteiger partial charge on any atom is -0.485 e. The molecule has 3 aromatic rings. The van der Waals surface area contributed by atoms with Crippen LogP contribution in [0, 0.1) is 5.92 Å². The van der Waals surface area contributed by atoms with Gasteiger partial charge in [0.1, 0.15) is 11.9 Å². The van der Waals surface area contributed by atoms with E-state index in [1.807, 2.05) is 12.1 Å². The third-order valence-corrected chi connectivity index (χ3v) is 6.23. The molecule has 1 aliphatic carbocycles. The summed E-state index contributed by atoms with van der Waals surface area (Å²) in [7, 11) is 0. The molecule has 0 saturated heterocycles. The van der Waals surface area contributed by atoms with Gasteiger partial charge in [-0.25, -0.2) is 4.68 Å². The Labute approximate surface area is 205 Å². The van der Waals surface area contributed by atoms with Gasteiger partial charge in [-0.3, -0.25) is 9.59 Å². The third-order valence-electron chi connectivity index (χ3n) is 6.23. The second kappa shape index (κ2) is 10.8. The zero-order valence-corrected chi connectivity index (χ0v) is 19.4. The first-order valence-corrected chi connectivity index (χ1v) is 11.7. The Kier molecular flexibility index (Phi) is 7.61. The number of carbonyl (C=O) groups is 2. The minimum absolute atomic E-state index is 0.0514. The van der Waals surface area contributed by atoms with Gasteiger partial charge in [-0.05, 0) is 54.8 Å². The van der Waals surface area contributed by atoms with Gasteiger partial charge in [0.05, 0.1) is 23.9 Å². The Morgan fingerprint density at radius 3 is 2.33 bits per heavy atom. The zero-order valence-electron chi connectivity index (χ0n) is 19.4. The zero-order chi connectivity index (χ0) is 25.7. The number of carboxylic acid groups (broad SMARTS) is 1. The highest BCUT2D eigenvalue weighted by atomic mass is 19.4. The molecule has 10 heteroatoms. The lowest BCUT2D eigenvalue weighted by molar-refractivity contribution is -0.138. The normalized spacial score (nSPS) is 15.0. The first kappa shape index (κ1) is 25.3. The van der Waals surface area contributed by atoms with Crippen molar-refractivity contribution in [3.8, 4) is 11.4 Å². The average Bonchev–Trinajstić information content (AvgIpc) is 3.55. The lowest BCUT2D eigenvalue weighted by atomic mass is 9.93. The van der Waals surface area contributed by atoms with Crippen molar-refractivity contribution >= 4 is 11.9 Å². The van der Waals surface area contributed by atoms with Gasteiger partial charge in [0.25, 0.3) is 5.91 Å². The Balaban J connectivity index is 1.47. The van der Waals surface area contributed by atoms with E-state index < -0.39 is 17.7 Å². The van der Waals surface area contributed by atoms with E-state index in [2.05, 4.69) is 10.4 Å². The van der Waals surface area contributed by atoms with Crippen molar-refractivity contribution in [2.24, 2.45) is 5.92 Å². The molecule has 2 N–H and O–H groups in total. The number of ether oxygens (including phenoxy) is 1. The Hall–Kier alpha value is -3.82. The molecule has 1 aromatic heterocycles. The van der Waals surface area contributed by atoms with Crippen LogP contribution in [0.1, 0.15) is 59.7 Å². The summed E-state index contributed by atoms with van der Waals surface area (Å²) in [6.45, 7) is 0.0514. The van der Waals surface area contributed by atoms with Crippen LogP contribution in [0.4, 0.5) is 13.2 Å². The Bertz CT molecular complexity index is 1180. The molecule has 0 spiro atoms. The third kappa shape index (κ3) is 6.24. The summed E-state index contributed by atoms with van der Waals surface area (Å²) in [4.78, 5) is 22.9. The maximum atomic E-state index is 12.9. The quantitative estimate of drug-likeness (QED) is 0.409. The van der Waals surface area contributed by atoms with Crippen molar-refractivity contribution in [2.75, 3.05) is 6.54 Å². The summed E-state index contributed by atoms with van der Waals surface area (Å²) in [5.74, 6) is -0.454. The lowest BCUT2D eigenvalue weighted by Crippen LogP contribution is -2.26. The fourth-order valence-corrected chi connectivity index (χ4v) is 4.34. The molecule has 1 heterocycles. The largest absolute Gasteiger partial charge is 0.485 e. The van der Waals surface area contributed by atoms with Gasteiger partial charge in [-0.15, -0.1) is 0 Å². The van der Waals surface area contributed by atoms with Crippen LogP contribution in [0.25, 0.3) is 5.69 Å². The maximum absolute atomic E-state index is 12.9. The van der Waals surface area contributed by atoms with E-state index in [9.17, 15) is 22.8 Å². The van der Waals surface area contributed by atoms with E-state index >= 15 is 0 Å². The van der Waals surface area contributed by atoms with E-state index in [1.54, 1.807) is 36.4 Å². The molecule has 4 rings (SSSR count). The number of carboxylic acids is 1. The number of rotatable bonds is 9. The summed E-state index contributed by atoms with van der Waals surface area (Å²) in [6, 6.07) is 13.8. The molecular formula is C26H26F3N3O4. The number of halogens is 3. The van der Waals surface area contributed by atoms with Gasteiger partial charge < -0.3 is 15.2 Å². The average molecular weight is 502 g/mol. The molecule has 36 heavy (non-hydrogen) atoms. The molecule has 1 aliphatic rings. The number of hydrogen-bond acceptors (Lipinski definition) is 4. The van der Waals surface area contributed by atoms with E-state index in [1.165, 1.54) is 4.68 Å². The van der Waals surface area contributed by atoms with Crippen molar-refractivity contribution in [3.05, 3.63) is 77.6 Å². The van der Waals surface area contributed by atoms with Gasteiger partial charge in [0, 0.05) is 24.2 Å². The van der Waals surface area contributed by atoms with Crippen molar-refractivity contribution in [1.29, 1.82) is 0 Å². The Morgan fingerprint density at radius 1 is 1.08 bits per heavy atom. The highest BCUT2D eigenvalue weighted by molar-refractivity contribution is 5.94. The van der Waals surface area contributed by atoms with Crippen LogP contribution in [0.15, 0.2) is 60.9 Å². The van der Waals surface area contributed by atoms with Crippen molar-refractivity contribution < 1.29 is 32.6 Å². The number of alkyl halides is 3. The van der Waals surface area contributed by atoms with Crippen molar-refractivity contribution in [3.63, 3.8) is 0 Å². The van der Waals surface area contributed by atoms with E-state index in [-0.39, 0.29) is 25.0 Å². The number of amides is 1. The number of aliphatic carboxylic acids is 1. The Morgan fingerprint density at radius 2 is 1.75 bits per heavy atom. The van der Waals surface area contributed by atoms with E-state index in [0.29, 0.717) is 22.9 Å². The second-order valence-electron chi connectivity index (χ2n) is 8.77. The second-order valence-corrected chi connectivity index (χ2v) is 8.77. The van der Waals surface area contributed by atoms with Crippen LogP contribution < -0.4 is 10.1 Å². The van der Waals surface area contributed by atoms with Crippen LogP contribution >= 0.6 is 0 Å². The topological polar surface area (TPSA) is 93.5 Å². The molecule has 1 fully saturated rings. The molecule has 1 unspecified atom stereocenters. The first-order valence-electron chi connectivity index (χ1n) is 11.7. The number of benzene rings is 2. The highest BCUT2D eigenvalue weighted by Gasteiger charge is 2.32. The molecule has 0 radical (unpaired) electrons. The highest BCUT2D eigenvalue weighted by Crippen LogP contribution is 2.39. The summed E-state index contributed by atoms with van der Waals surface area (Å²) in [6.07, 6.45) is 1.11. The lowest BCUT2D eigenvalue weighted by Gasteiger charge is -2.25. The van der Waals surface area contributed by atoms with Crippen LogP contribution in [0.5, 0.6) is 5.75 Å². The molecule has 1 atom stereocenters. The molecular weight excluding hydrogens is 475 g/mol. The first-order chi connectivity index (χ1) is 17.2. The fraction of sp³-hybridized carbons (Fsp3) is 0.346. The van der Waals surface area contributed by atoms with Crippen molar-refractivity contribution in [2.45, 2.75) is 44.4 Å². The smallest absolute Gasteiger partial charge is 0.419 e. The summed E-state index contributed by atoms with van der Waals surface area (Å²) in [5, 5.41) is 15.1. The van der Waals surface area contributed by atoms with Crippen molar-refractivity contribution in [1.82, 2.24) is 15.1 Å². The van der Waals surface area contributed by atoms with Gasteiger partial charge in [-0.1, -0.05) is 25.0 Å².